The van der Waals surface area contributed by atoms with Crippen LogP contribution >= 0.6 is 0 Å². The standard InChI is InChI=1S/C28H27F3O/c1-3-18-5-7-19(8-6-18)23-12-9-20(15-25(23)29)21-10-13-24(26(30)16-21)22-11-14-28(32-4-2)27(31)17-22/h3,9-19H,1,4-8H2,2H3. The lowest BCUT2D eigenvalue weighted by Crippen LogP contribution is -2.12. The zero-order valence-electron chi connectivity index (χ0n) is 18.2. The van der Waals surface area contributed by atoms with Gasteiger partial charge >= 0.3 is 0 Å². The Labute approximate surface area is 187 Å². The summed E-state index contributed by atoms with van der Waals surface area (Å²) in [5, 5.41) is 0. The van der Waals surface area contributed by atoms with Crippen molar-refractivity contribution in [1.29, 1.82) is 0 Å². The fourth-order valence-corrected chi connectivity index (χ4v) is 4.57. The lowest BCUT2D eigenvalue weighted by atomic mass is 9.78. The number of ether oxygens (including phenoxy) is 1. The third-order valence-corrected chi connectivity index (χ3v) is 6.39. The van der Waals surface area contributed by atoms with E-state index in [1.807, 2.05) is 18.2 Å². The van der Waals surface area contributed by atoms with E-state index < -0.39 is 11.6 Å². The normalized spacial score (nSPS) is 18.4. The molecule has 0 aliphatic heterocycles. The van der Waals surface area contributed by atoms with Crippen LogP contribution < -0.4 is 4.74 Å². The quantitative estimate of drug-likeness (QED) is 0.353. The van der Waals surface area contributed by atoms with Crippen molar-refractivity contribution in [2.45, 2.75) is 38.5 Å². The Morgan fingerprint density at radius 3 is 2.03 bits per heavy atom. The molecule has 0 amide bonds. The maximum atomic E-state index is 14.9. The van der Waals surface area contributed by atoms with Gasteiger partial charge in [0, 0.05) is 5.56 Å². The zero-order chi connectivity index (χ0) is 22.7. The van der Waals surface area contributed by atoms with Crippen LogP contribution in [0.15, 0.2) is 67.3 Å². The number of halogens is 3. The second kappa shape index (κ2) is 9.64. The van der Waals surface area contributed by atoms with Gasteiger partial charge in [0.15, 0.2) is 11.6 Å². The molecule has 0 heterocycles. The van der Waals surface area contributed by atoms with E-state index in [1.165, 1.54) is 24.3 Å². The van der Waals surface area contributed by atoms with E-state index in [0.717, 1.165) is 31.2 Å². The smallest absolute Gasteiger partial charge is 0.165 e. The van der Waals surface area contributed by atoms with Gasteiger partial charge in [-0.1, -0.05) is 36.4 Å². The Morgan fingerprint density at radius 1 is 0.812 bits per heavy atom. The molecule has 32 heavy (non-hydrogen) atoms. The molecule has 166 valence electrons. The molecule has 0 N–H and O–H groups in total. The van der Waals surface area contributed by atoms with Crippen LogP contribution in [-0.2, 0) is 0 Å². The topological polar surface area (TPSA) is 9.23 Å². The molecule has 1 fully saturated rings. The summed E-state index contributed by atoms with van der Waals surface area (Å²) in [6, 6.07) is 14.3. The molecule has 0 unspecified atom stereocenters. The first-order chi connectivity index (χ1) is 15.5. The first-order valence-electron chi connectivity index (χ1n) is 11.1. The highest BCUT2D eigenvalue weighted by Crippen LogP contribution is 2.38. The minimum absolute atomic E-state index is 0.141. The van der Waals surface area contributed by atoms with Gasteiger partial charge in [0.25, 0.3) is 0 Å². The van der Waals surface area contributed by atoms with Crippen molar-refractivity contribution in [2.24, 2.45) is 5.92 Å². The van der Waals surface area contributed by atoms with Crippen LogP contribution in [0.25, 0.3) is 22.3 Å². The molecule has 3 aromatic rings. The van der Waals surface area contributed by atoms with E-state index in [2.05, 4.69) is 6.58 Å². The van der Waals surface area contributed by atoms with Crippen LogP contribution in [0.5, 0.6) is 5.75 Å². The fraction of sp³-hybridized carbons (Fsp3) is 0.286. The number of hydrogen-bond acceptors (Lipinski definition) is 1. The lowest BCUT2D eigenvalue weighted by molar-refractivity contribution is 0.321. The average molecular weight is 437 g/mol. The predicted molar refractivity (Wildman–Crippen MR) is 123 cm³/mol. The Balaban J connectivity index is 1.56. The molecular weight excluding hydrogens is 409 g/mol. The number of hydrogen-bond donors (Lipinski definition) is 0. The summed E-state index contributed by atoms with van der Waals surface area (Å²) in [5.41, 5.74) is 2.64. The second-order valence-electron chi connectivity index (χ2n) is 8.36. The molecular formula is C28H27F3O. The lowest BCUT2D eigenvalue weighted by Gasteiger charge is -2.27. The van der Waals surface area contributed by atoms with Crippen LogP contribution in [0.2, 0.25) is 0 Å². The highest BCUT2D eigenvalue weighted by Gasteiger charge is 2.23. The monoisotopic (exact) mass is 436 g/mol. The van der Waals surface area contributed by atoms with E-state index in [-0.39, 0.29) is 23.0 Å². The van der Waals surface area contributed by atoms with Gasteiger partial charge in [-0.15, -0.1) is 6.58 Å². The van der Waals surface area contributed by atoms with Crippen molar-refractivity contribution in [3.05, 3.63) is 90.3 Å². The minimum Gasteiger partial charge on any atom is -0.491 e. The van der Waals surface area contributed by atoms with Gasteiger partial charge in [0.2, 0.25) is 0 Å². The summed E-state index contributed by atoms with van der Waals surface area (Å²) >= 11 is 0. The summed E-state index contributed by atoms with van der Waals surface area (Å²) in [7, 11) is 0. The maximum absolute atomic E-state index is 14.9. The predicted octanol–water partition coefficient (Wildman–Crippen LogP) is 8.30. The van der Waals surface area contributed by atoms with Gasteiger partial charge in [-0.05, 0) is 91.0 Å². The van der Waals surface area contributed by atoms with Crippen molar-refractivity contribution in [1.82, 2.24) is 0 Å². The molecule has 0 spiro atoms. The minimum atomic E-state index is -0.535. The van der Waals surface area contributed by atoms with E-state index >= 15 is 0 Å². The van der Waals surface area contributed by atoms with Crippen molar-refractivity contribution in [2.75, 3.05) is 6.61 Å². The molecule has 0 saturated heterocycles. The van der Waals surface area contributed by atoms with Crippen molar-refractivity contribution < 1.29 is 17.9 Å². The number of allylic oxidation sites excluding steroid dienone is 1. The van der Waals surface area contributed by atoms with Crippen LogP contribution in [0.4, 0.5) is 13.2 Å². The summed E-state index contributed by atoms with van der Waals surface area (Å²) in [6.45, 7) is 5.99. The highest BCUT2D eigenvalue weighted by atomic mass is 19.1. The van der Waals surface area contributed by atoms with Gasteiger partial charge in [0.1, 0.15) is 11.6 Å². The molecule has 0 atom stereocenters. The molecule has 0 bridgehead atoms. The van der Waals surface area contributed by atoms with Crippen molar-refractivity contribution >= 4 is 0 Å². The van der Waals surface area contributed by atoms with E-state index in [9.17, 15) is 13.2 Å². The average Bonchev–Trinajstić information content (AvgIpc) is 2.80. The first-order valence-corrected chi connectivity index (χ1v) is 11.1. The first kappa shape index (κ1) is 22.2. The number of rotatable bonds is 6. The van der Waals surface area contributed by atoms with Crippen molar-refractivity contribution in [3.63, 3.8) is 0 Å². The molecule has 4 heteroatoms. The highest BCUT2D eigenvalue weighted by molar-refractivity contribution is 5.71. The summed E-state index contributed by atoms with van der Waals surface area (Å²) in [4.78, 5) is 0. The molecule has 1 aliphatic rings. The van der Waals surface area contributed by atoms with Crippen LogP contribution in [-0.4, -0.2) is 6.61 Å². The van der Waals surface area contributed by atoms with Crippen LogP contribution in [0.1, 0.15) is 44.1 Å². The Hall–Kier alpha value is -3.01. The molecule has 3 aromatic carbocycles. The molecule has 1 nitrogen and oxygen atoms in total. The van der Waals surface area contributed by atoms with Crippen molar-refractivity contribution in [3.8, 4) is 28.0 Å². The van der Waals surface area contributed by atoms with Gasteiger partial charge in [-0.25, -0.2) is 13.2 Å². The SMILES string of the molecule is C=CC1CCC(c2ccc(-c3ccc(-c4ccc(OCC)c(F)c4)c(F)c3)cc2F)CC1. The van der Waals surface area contributed by atoms with Crippen LogP contribution in [0, 0.1) is 23.4 Å². The van der Waals surface area contributed by atoms with E-state index in [0.29, 0.717) is 29.2 Å². The molecule has 0 radical (unpaired) electrons. The Morgan fingerprint density at radius 2 is 1.44 bits per heavy atom. The largest absolute Gasteiger partial charge is 0.491 e. The molecule has 0 aromatic heterocycles. The fourth-order valence-electron chi connectivity index (χ4n) is 4.57. The Kier molecular flexibility index (Phi) is 6.69. The zero-order valence-corrected chi connectivity index (χ0v) is 18.2. The van der Waals surface area contributed by atoms with Gasteiger partial charge in [0.05, 0.1) is 6.61 Å². The Bertz CT molecular complexity index is 1110. The summed E-state index contributed by atoms with van der Waals surface area (Å²) in [5.74, 6) is -0.386. The molecule has 1 saturated carbocycles. The summed E-state index contributed by atoms with van der Waals surface area (Å²) in [6.07, 6.45) is 5.97. The van der Waals surface area contributed by atoms with E-state index in [4.69, 9.17) is 4.74 Å². The van der Waals surface area contributed by atoms with E-state index in [1.54, 1.807) is 25.1 Å². The molecule has 1 aliphatic carbocycles. The third kappa shape index (κ3) is 4.59. The summed E-state index contributed by atoms with van der Waals surface area (Å²) < 4.78 is 49.2. The maximum Gasteiger partial charge on any atom is 0.165 e. The van der Waals surface area contributed by atoms with Gasteiger partial charge in [-0.3, -0.25) is 0 Å². The third-order valence-electron chi connectivity index (χ3n) is 6.39. The molecule has 4 rings (SSSR count). The number of benzene rings is 3. The van der Waals surface area contributed by atoms with Gasteiger partial charge < -0.3 is 4.74 Å². The van der Waals surface area contributed by atoms with Crippen LogP contribution in [0.3, 0.4) is 0 Å². The second-order valence-corrected chi connectivity index (χ2v) is 8.36. The van der Waals surface area contributed by atoms with Gasteiger partial charge in [-0.2, -0.15) is 0 Å².